The molecule has 210 valence electrons. The maximum absolute atomic E-state index is 15.5. The Bertz CT molecular complexity index is 1720. The summed E-state index contributed by atoms with van der Waals surface area (Å²) in [6.07, 6.45) is 3.16. The van der Waals surface area contributed by atoms with Crippen LogP contribution in [-0.2, 0) is 11.3 Å². The van der Waals surface area contributed by atoms with E-state index >= 15 is 4.39 Å². The van der Waals surface area contributed by atoms with Gasteiger partial charge < -0.3 is 19.4 Å². The maximum atomic E-state index is 15.5. The molecule has 7 nitrogen and oxygen atoms in total. The van der Waals surface area contributed by atoms with Crippen LogP contribution in [0.2, 0.25) is 0 Å². The predicted octanol–water partition coefficient (Wildman–Crippen LogP) is 7.58. The third-order valence-corrected chi connectivity index (χ3v) is 7.25. The van der Waals surface area contributed by atoms with Crippen molar-refractivity contribution in [3.05, 3.63) is 90.6 Å². The van der Waals surface area contributed by atoms with Gasteiger partial charge in [-0.25, -0.2) is 9.18 Å². The lowest BCUT2D eigenvalue weighted by Crippen LogP contribution is -2.49. The third kappa shape index (κ3) is 6.02. The van der Waals surface area contributed by atoms with Crippen LogP contribution in [0.25, 0.3) is 33.0 Å². The van der Waals surface area contributed by atoms with Gasteiger partial charge in [-0.15, -0.1) is 0 Å². The average molecular weight is 553 g/mol. The largest absolute Gasteiger partial charge is 0.464 e. The van der Waals surface area contributed by atoms with Crippen LogP contribution in [0.15, 0.2) is 83.6 Å². The van der Waals surface area contributed by atoms with Gasteiger partial charge in [0.25, 0.3) is 0 Å². The number of hydrogen-bond acceptors (Lipinski definition) is 6. The molecule has 0 unspecified atom stereocenters. The molecule has 3 aromatic carbocycles. The number of carbonyl (C=O) groups excluding carboxylic acids is 1. The van der Waals surface area contributed by atoms with Crippen LogP contribution in [0.3, 0.4) is 0 Å². The number of piperazine rings is 1. The van der Waals surface area contributed by atoms with E-state index in [1.54, 1.807) is 23.4 Å². The van der Waals surface area contributed by atoms with Gasteiger partial charge in [-0.2, -0.15) is 0 Å². The van der Waals surface area contributed by atoms with Crippen LogP contribution >= 0.6 is 0 Å². The van der Waals surface area contributed by atoms with E-state index in [4.69, 9.17) is 9.15 Å². The molecule has 5 aromatic rings. The molecule has 0 atom stereocenters. The van der Waals surface area contributed by atoms with E-state index in [0.29, 0.717) is 38.3 Å². The van der Waals surface area contributed by atoms with Gasteiger partial charge in [0, 0.05) is 66.6 Å². The quantitative estimate of drug-likeness (QED) is 0.242. The zero-order chi connectivity index (χ0) is 28.6. The highest BCUT2D eigenvalue weighted by Gasteiger charge is 2.26. The van der Waals surface area contributed by atoms with Crippen LogP contribution in [0.1, 0.15) is 26.3 Å². The molecule has 1 aliphatic heterocycles. The van der Waals surface area contributed by atoms with Crippen molar-refractivity contribution in [2.75, 3.05) is 31.5 Å². The third-order valence-electron chi connectivity index (χ3n) is 7.25. The number of nitrogens with zero attached hydrogens (tertiary/aromatic N) is 3. The molecule has 0 bridgehead atoms. The second kappa shape index (κ2) is 10.9. The molecule has 2 aromatic heterocycles. The van der Waals surface area contributed by atoms with E-state index in [2.05, 4.69) is 15.2 Å². The Morgan fingerprint density at radius 1 is 1.00 bits per heavy atom. The molecule has 0 radical (unpaired) electrons. The Labute approximate surface area is 238 Å². The fraction of sp³-hybridized carbons (Fsp3) is 0.273. The highest BCUT2D eigenvalue weighted by Crippen LogP contribution is 2.32. The minimum Gasteiger partial charge on any atom is -0.464 e. The normalized spacial score (nSPS) is 14.5. The first-order valence-electron chi connectivity index (χ1n) is 13.8. The molecule has 0 spiro atoms. The lowest BCUT2D eigenvalue weighted by atomic mass is 10.00. The van der Waals surface area contributed by atoms with Crippen molar-refractivity contribution in [3.63, 3.8) is 0 Å². The molecular weight excluding hydrogens is 519 g/mol. The van der Waals surface area contributed by atoms with E-state index < -0.39 is 5.60 Å². The number of anilines is 2. The highest BCUT2D eigenvalue weighted by molar-refractivity contribution is 5.96. The molecule has 8 heteroatoms. The molecule has 41 heavy (non-hydrogen) atoms. The number of benzene rings is 3. The Kier molecular flexibility index (Phi) is 7.09. The molecule has 1 aliphatic rings. The van der Waals surface area contributed by atoms with Gasteiger partial charge in [0.15, 0.2) is 0 Å². The van der Waals surface area contributed by atoms with Gasteiger partial charge in [0.05, 0.1) is 11.8 Å². The second-order valence-electron chi connectivity index (χ2n) is 11.4. The minimum absolute atomic E-state index is 0.266. The van der Waals surface area contributed by atoms with Crippen LogP contribution in [0.5, 0.6) is 0 Å². The van der Waals surface area contributed by atoms with Gasteiger partial charge in [0.2, 0.25) is 0 Å². The number of halogens is 1. The lowest BCUT2D eigenvalue weighted by molar-refractivity contribution is 0.0139. The summed E-state index contributed by atoms with van der Waals surface area (Å²) in [6.45, 7) is 8.83. The zero-order valence-electron chi connectivity index (χ0n) is 23.5. The van der Waals surface area contributed by atoms with E-state index in [9.17, 15) is 4.79 Å². The maximum Gasteiger partial charge on any atom is 0.410 e. The van der Waals surface area contributed by atoms with E-state index in [1.165, 1.54) is 0 Å². The molecule has 1 saturated heterocycles. The van der Waals surface area contributed by atoms with Crippen molar-refractivity contribution in [1.29, 1.82) is 0 Å². The first kappa shape index (κ1) is 26.8. The van der Waals surface area contributed by atoms with E-state index in [0.717, 1.165) is 44.4 Å². The van der Waals surface area contributed by atoms with Crippen molar-refractivity contribution in [2.45, 2.75) is 32.9 Å². The van der Waals surface area contributed by atoms with Crippen molar-refractivity contribution < 1.29 is 18.3 Å². The fourth-order valence-corrected chi connectivity index (χ4v) is 5.19. The van der Waals surface area contributed by atoms with E-state index in [1.807, 2.05) is 81.4 Å². The Morgan fingerprint density at radius 2 is 1.83 bits per heavy atom. The summed E-state index contributed by atoms with van der Waals surface area (Å²) in [4.78, 5) is 20.8. The molecule has 1 fully saturated rings. The van der Waals surface area contributed by atoms with Gasteiger partial charge in [-0.1, -0.05) is 18.2 Å². The summed E-state index contributed by atoms with van der Waals surface area (Å²) in [6, 6.07) is 21.0. The number of nitrogens with one attached hydrogen (secondary N) is 1. The SMILES string of the molecule is CC(C)(C)OC(=O)N1CCN(Cc2ccc(-c3ccc4nccc(Nc5ccc6occc6c5)c4c3)c(F)c2)CC1. The summed E-state index contributed by atoms with van der Waals surface area (Å²) >= 11 is 0. The number of fused-ring (bicyclic) bond motifs is 2. The summed E-state index contributed by atoms with van der Waals surface area (Å²) in [5, 5.41) is 5.41. The standard InChI is InChI=1S/C33H33FN4O3/c1-33(2,3)41-32(39)38-15-13-37(14-16-38)21-22-4-7-26(28(34)18-22)23-5-8-29-27(20-23)30(10-12-35-29)36-25-6-9-31-24(19-25)11-17-40-31/h4-12,17-20H,13-16,21H2,1-3H3,(H,35,36). The number of hydrogen-bond donors (Lipinski definition) is 1. The van der Waals surface area contributed by atoms with Crippen LogP contribution in [0, 0.1) is 5.82 Å². The number of rotatable bonds is 5. The highest BCUT2D eigenvalue weighted by atomic mass is 19.1. The monoisotopic (exact) mass is 552 g/mol. The number of carbonyl (C=O) groups is 1. The average Bonchev–Trinajstić information content (AvgIpc) is 3.41. The van der Waals surface area contributed by atoms with Crippen molar-refractivity contribution in [3.8, 4) is 11.1 Å². The Hall–Kier alpha value is -4.43. The van der Waals surface area contributed by atoms with E-state index in [-0.39, 0.29) is 11.9 Å². The van der Waals surface area contributed by atoms with Crippen LogP contribution in [0.4, 0.5) is 20.6 Å². The first-order chi connectivity index (χ1) is 19.7. The van der Waals surface area contributed by atoms with Gasteiger partial charge in [0.1, 0.15) is 17.0 Å². The molecular formula is C33H33FN4O3. The summed E-state index contributed by atoms with van der Waals surface area (Å²) in [5.41, 5.74) is 5.19. The number of pyridine rings is 1. The molecule has 1 N–H and O–H groups in total. The van der Waals surface area contributed by atoms with Crippen molar-refractivity contribution in [1.82, 2.24) is 14.8 Å². The fourth-order valence-electron chi connectivity index (χ4n) is 5.19. The topological polar surface area (TPSA) is 70.8 Å². The molecule has 6 rings (SSSR count). The minimum atomic E-state index is -0.511. The number of ether oxygens (including phenoxy) is 1. The smallest absolute Gasteiger partial charge is 0.410 e. The zero-order valence-corrected chi connectivity index (χ0v) is 23.5. The summed E-state index contributed by atoms with van der Waals surface area (Å²) in [7, 11) is 0. The first-order valence-corrected chi connectivity index (χ1v) is 13.8. The molecule has 0 saturated carbocycles. The van der Waals surface area contributed by atoms with Crippen LogP contribution in [-0.4, -0.2) is 52.7 Å². The van der Waals surface area contributed by atoms with Gasteiger partial charge >= 0.3 is 6.09 Å². The van der Waals surface area contributed by atoms with Crippen molar-refractivity contribution >= 4 is 39.3 Å². The lowest BCUT2D eigenvalue weighted by Gasteiger charge is -2.35. The number of aromatic nitrogens is 1. The predicted molar refractivity (Wildman–Crippen MR) is 160 cm³/mol. The van der Waals surface area contributed by atoms with Crippen LogP contribution < -0.4 is 5.32 Å². The second-order valence-corrected chi connectivity index (χ2v) is 11.4. The van der Waals surface area contributed by atoms with Gasteiger partial charge in [-0.05, 0) is 80.4 Å². The summed E-state index contributed by atoms with van der Waals surface area (Å²) < 4.78 is 26.4. The number of amides is 1. The Balaban J connectivity index is 1.16. The molecule has 3 heterocycles. The molecule has 0 aliphatic carbocycles. The summed E-state index contributed by atoms with van der Waals surface area (Å²) in [5.74, 6) is -0.266. The van der Waals surface area contributed by atoms with Crippen molar-refractivity contribution in [2.24, 2.45) is 0 Å². The molecule has 1 amide bonds. The van der Waals surface area contributed by atoms with Gasteiger partial charge in [-0.3, -0.25) is 9.88 Å². The number of furan rings is 1. The Morgan fingerprint density at radius 3 is 2.61 bits per heavy atom.